The molecular weight excluding hydrogens is 332 g/mol. The Balaban J connectivity index is 2.38. The summed E-state index contributed by atoms with van der Waals surface area (Å²) in [5.74, 6) is 0.797. The van der Waals surface area contributed by atoms with Crippen molar-refractivity contribution in [3.05, 3.63) is 52.6 Å². The van der Waals surface area contributed by atoms with Crippen molar-refractivity contribution in [3.8, 4) is 22.9 Å². The molecule has 0 saturated heterocycles. The van der Waals surface area contributed by atoms with Gasteiger partial charge in [0.15, 0.2) is 11.5 Å². The number of nitrogens with zero attached hydrogens (tertiary/aromatic N) is 2. The number of hydrogen-bond acceptors (Lipinski definition) is 5. The Bertz CT molecular complexity index is 1000. The van der Waals surface area contributed by atoms with E-state index in [0.29, 0.717) is 22.4 Å². The number of aromatic nitrogens is 2. The second-order valence-corrected chi connectivity index (χ2v) is 6.76. The molecule has 0 spiro atoms. The zero-order valence-corrected chi connectivity index (χ0v) is 15.2. The van der Waals surface area contributed by atoms with Gasteiger partial charge in [-0.3, -0.25) is 9.36 Å². The van der Waals surface area contributed by atoms with Gasteiger partial charge in [-0.25, -0.2) is 4.98 Å². The summed E-state index contributed by atoms with van der Waals surface area (Å²) < 4.78 is 7.25. The molecule has 1 aromatic heterocycles. The van der Waals surface area contributed by atoms with Crippen LogP contribution in [0.3, 0.4) is 0 Å². The molecule has 1 heterocycles. The smallest absolute Gasteiger partial charge is 0.266 e. The van der Waals surface area contributed by atoms with E-state index in [-0.39, 0.29) is 34.8 Å². The molecule has 0 saturated carbocycles. The van der Waals surface area contributed by atoms with E-state index in [2.05, 4.69) is 4.98 Å². The lowest BCUT2D eigenvalue weighted by Gasteiger charge is -2.18. The van der Waals surface area contributed by atoms with Crippen molar-refractivity contribution in [2.75, 3.05) is 0 Å². The lowest BCUT2D eigenvalue weighted by Crippen LogP contribution is -2.25. The summed E-state index contributed by atoms with van der Waals surface area (Å²) in [5.41, 5.74) is 0.714. The second kappa shape index (κ2) is 6.71. The fourth-order valence-corrected chi connectivity index (χ4v) is 2.82. The van der Waals surface area contributed by atoms with Gasteiger partial charge in [-0.05, 0) is 50.2 Å². The van der Waals surface area contributed by atoms with Crippen LogP contribution in [0.4, 0.5) is 0 Å². The molecule has 0 unspecified atom stereocenters. The molecule has 0 atom stereocenters. The van der Waals surface area contributed by atoms with E-state index in [0.717, 1.165) is 0 Å². The maximum Gasteiger partial charge on any atom is 0.266 e. The molecule has 136 valence electrons. The van der Waals surface area contributed by atoms with Gasteiger partial charge in [0.25, 0.3) is 5.56 Å². The highest BCUT2D eigenvalue weighted by Crippen LogP contribution is 2.34. The summed E-state index contributed by atoms with van der Waals surface area (Å²) in [4.78, 5) is 17.9. The first-order chi connectivity index (χ1) is 12.3. The van der Waals surface area contributed by atoms with Crippen LogP contribution in [0.5, 0.6) is 17.2 Å². The zero-order valence-electron chi connectivity index (χ0n) is 15.2. The monoisotopic (exact) mass is 354 g/mol. The first-order valence-electron chi connectivity index (χ1n) is 8.54. The summed E-state index contributed by atoms with van der Waals surface area (Å²) in [7, 11) is 0. The largest absolute Gasteiger partial charge is 0.508 e. The number of phenols is 2. The van der Waals surface area contributed by atoms with Crippen LogP contribution in [-0.2, 0) is 0 Å². The molecule has 0 amide bonds. The highest BCUT2D eigenvalue weighted by atomic mass is 16.5. The lowest BCUT2D eigenvalue weighted by molar-refractivity contribution is 0.234. The van der Waals surface area contributed by atoms with Gasteiger partial charge in [-0.1, -0.05) is 13.8 Å². The van der Waals surface area contributed by atoms with E-state index in [1.807, 2.05) is 27.7 Å². The Labute approximate surface area is 151 Å². The third kappa shape index (κ3) is 3.10. The van der Waals surface area contributed by atoms with E-state index in [1.165, 1.54) is 22.8 Å². The number of ether oxygens (including phenoxy) is 1. The molecule has 0 aliphatic carbocycles. The topological polar surface area (TPSA) is 84.6 Å². The van der Waals surface area contributed by atoms with Gasteiger partial charge >= 0.3 is 0 Å². The maximum atomic E-state index is 13.2. The van der Waals surface area contributed by atoms with Gasteiger partial charge in [-0.2, -0.15) is 0 Å². The fourth-order valence-electron chi connectivity index (χ4n) is 2.82. The minimum absolute atomic E-state index is 0.0461. The van der Waals surface area contributed by atoms with Gasteiger partial charge in [-0.15, -0.1) is 0 Å². The quantitative estimate of drug-likeness (QED) is 0.746. The molecule has 2 N–H and O–H groups in total. The molecule has 0 aliphatic rings. The van der Waals surface area contributed by atoms with E-state index in [4.69, 9.17) is 4.74 Å². The second-order valence-electron chi connectivity index (χ2n) is 6.76. The van der Waals surface area contributed by atoms with Crippen molar-refractivity contribution in [1.82, 2.24) is 9.55 Å². The molecule has 2 aromatic carbocycles. The van der Waals surface area contributed by atoms with Crippen molar-refractivity contribution in [1.29, 1.82) is 0 Å². The number of hydrogen-bond donors (Lipinski definition) is 2. The van der Waals surface area contributed by atoms with Crippen LogP contribution in [0.15, 0.2) is 41.2 Å². The van der Waals surface area contributed by atoms with Gasteiger partial charge in [0.05, 0.1) is 17.2 Å². The summed E-state index contributed by atoms with van der Waals surface area (Å²) in [6.45, 7) is 7.57. The number of phenolic OH excluding ortho intramolecular Hbond substituents is 2. The molecular formula is C20H22N2O4. The molecule has 6 heteroatoms. The normalized spacial score (nSPS) is 11.5. The van der Waals surface area contributed by atoms with Gasteiger partial charge < -0.3 is 14.9 Å². The number of benzene rings is 2. The Morgan fingerprint density at radius 2 is 1.65 bits per heavy atom. The number of rotatable bonds is 4. The number of fused-ring (bicyclic) bond motifs is 1. The Hall–Kier alpha value is -3.02. The zero-order chi connectivity index (χ0) is 19.0. The summed E-state index contributed by atoms with van der Waals surface area (Å²) in [6, 6.07) is 9.39. The molecule has 26 heavy (non-hydrogen) atoms. The minimum atomic E-state index is -0.252. The lowest BCUT2D eigenvalue weighted by atomic mass is 10.1. The molecule has 3 rings (SSSR count). The van der Waals surface area contributed by atoms with E-state index < -0.39 is 0 Å². The maximum absolute atomic E-state index is 13.2. The van der Waals surface area contributed by atoms with Crippen molar-refractivity contribution in [2.45, 2.75) is 39.7 Å². The van der Waals surface area contributed by atoms with Crippen LogP contribution in [0.1, 0.15) is 39.4 Å². The minimum Gasteiger partial charge on any atom is -0.508 e. The van der Waals surface area contributed by atoms with E-state index >= 15 is 0 Å². The van der Waals surface area contributed by atoms with Gasteiger partial charge in [0, 0.05) is 5.92 Å². The van der Waals surface area contributed by atoms with E-state index in [9.17, 15) is 15.0 Å². The van der Waals surface area contributed by atoms with Crippen molar-refractivity contribution in [2.24, 2.45) is 0 Å². The van der Waals surface area contributed by atoms with Crippen LogP contribution in [-0.4, -0.2) is 25.9 Å². The summed E-state index contributed by atoms with van der Waals surface area (Å²) >= 11 is 0. The predicted octanol–water partition coefficient (Wildman–Crippen LogP) is 3.71. The third-order valence-electron chi connectivity index (χ3n) is 3.98. The molecule has 6 nitrogen and oxygen atoms in total. The summed E-state index contributed by atoms with van der Waals surface area (Å²) in [6.07, 6.45) is -0.171. The SMILES string of the molecule is CC(C)Oc1c(O)ccc2c(=O)n(-c3ccc(O)cc3)c(C(C)C)nc12. The highest BCUT2D eigenvalue weighted by molar-refractivity contribution is 5.86. The predicted molar refractivity (Wildman–Crippen MR) is 101 cm³/mol. The fraction of sp³-hybridized carbons (Fsp3) is 0.300. The standard InChI is InChI=1S/C20H22N2O4/c1-11(2)19-21-17-15(9-10-16(24)18(17)26-12(3)4)20(25)22(19)13-5-7-14(23)8-6-13/h5-12,23-24H,1-4H3. The molecule has 0 aliphatic heterocycles. The van der Waals surface area contributed by atoms with Crippen LogP contribution in [0.25, 0.3) is 16.6 Å². The molecule has 3 aromatic rings. The van der Waals surface area contributed by atoms with Crippen molar-refractivity contribution < 1.29 is 14.9 Å². The molecule has 0 bridgehead atoms. The van der Waals surface area contributed by atoms with E-state index in [1.54, 1.807) is 18.2 Å². The first kappa shape index (κ1) is 17.8. The number of aromatic hydroxyl groups is 2. The first-order valence-corrected chi connectivity index (χ1v) is 8.54. The van der Waals surface area contributed by atoms with Gasteiger partial charge in [0.2, 0.25) is 0 Å². The van der Waals surface area contributed by atoms with Crippen LogP contribution in [0, 0.1) is 0 Å². The van der Waals surface area contributed by atoms with Crippen molar-refractivity contribution in [3.63, 3.8) is 0 Å². The van der Waals surface area contributed by atoms with Crippen LogP contribution < -0.4 is 10.3 Å². The van der Waals surface area contributed by atoms with Crippen molar-refractivity contribution >= 4 is 10.9 Å². The van der Waals surface area contributed by atoms with Crippen LogP contribution >= 0.6 is 0 Å². The molecule has 0 radical (unpaired) electrons. The third-order valence-corrected chi connectivity index (χ3v) is 3.98. The summed E-state index contributed by atoms with van der Waals surface area (Å²) in [5, 5.41) is 20.1. The average molecular weight is 354 g/mol. The molecule has 0 fully saturated rings. The Morgan fingerprint density at radius 3 is 2.23 bits per heavy atom. The Morgan fingerprint density at radius 1 is 1.00 bits per heavy atom. The van der Waals surface area contributed by atoms with Crippen LogP contribution in [0.2, 0.25) is 0 Å². The highest BCUT2D eigenvalue weighted by Gasteiger charge is 2.20. The average Bonchev–Trinajstić information content (AvgIpc) is 2.58. The van der Waals surface area contributed by atoms with Gasteiger partial charge in [0.1, 0.15) is 17.1 Å². The Kier molecular flexibility index (Phi) is 4.59.